The maximum Gasteiger partial charge on any atom is 0.306 e. The topological polar surface area (TPSA) is 106 Å². The van der Waals surface area contributed by atoms with E-state index in [0.717, 1.165) is 15.8 Å². The standard InChI is InChI=1S/C28H34ClN3O6S3/c1-6-23(22-10-18-8-9-19(29)11-21(18)40-22)41(35,36)31-13-20(16-37-5)32(26(33)15-31)14-25-30-24(17-39-25)28(3,4)12-27(34)38-7-2/h6,8-11,17,20,23H,1,7,12-16H2,2-5H3. The van der Waals surface area contributed by atoms with Gasteiger partial charge in [0.2, 0.25) is 15.9 Å². The normalized spacial score (nSPS) is 17.6. The first-order valence-electron chi connectivity index (χ1n) is 13.1. The highest BCUT2D eigenvalue weighted by molar-refractivity contribution is 7.89. The summed E-state index contributed by atoms with van der Waals surface area (Å²) >= 11 is 8.86. The molecule has 1 aliphatic heterocycles. The second-order valence-corrected chi connectivity index (χ2v) is 15.0. The van der Waals surface area contributed by atoms with Gasteiger partial charge in [-0.15, -0.1) is 29.3 Å². The van der Waals surface area contributed by atoms with E-state index in [1.807, 2.05) is 31.4 Å². The van der Waals surface area contributed by atoms with Crippen molar-refractivity contribution in [1.29, 1.82) is 0 Å². The van der Waals surface area contributed by atoms with Gasteiger partial charge in [-0.05, 0) is 30.5 Å². The number of sulfonamides is 1. The number of methoxy groups -OCH3 is 1. The molecule has 0 spiro atoms. The molecule has 1 amide bonds. The van der Waals surface area contributed by atoms with Crippen molar-refractivity contribution in [2.75, 3.05) is 33.4 Å². The van der Waals surface area contributed by atoms with Crippen LogP contribution in [0.5, 0.6) is 0 Å². The summed E-state index contributed by atoms with van der Waals surface area (Å²) in [6.45, 7) is 9.88. The van der Waals surface area contributed by atoms with Crippen molar-refractivity contribution in [1.82, 2.24) is 14.2 Å². The molecule has 0 bridgehead atoms. The van der Waals surface area contributed by atoms with Crippen molar-refractivity contribution in [2.24, 2.45) is 0 Å². The van der Waals surface area contributed by atoms with E-state index < -0.39 is 26.7 Å². The number of carbonyl (C=O) groups is 2. The first-order valence-corrected chi connectivity index (χ1v) is 16.7. The number of thiazole rings is 1. The van der Waals surface area contributed by atoms with Crippen molar-refractivity contribution in [3.8, 4) is 0 Å². The summed E-state index contributed by atoms with van der Waals surface area (Å²) in [5.74, 6) is -0.632. The number of carbonyl (C=O) groups excluding carboxylic acids is 2. The molecule has 9 nitrogen and oxygen atoms in total. The molecule has 2 aromatic heterocycles. The van der Waals surface area contributed by atoms with Crippen molar-refractivity contribution < 1.29 is 27.5 Å². The van der Waals surface area contributed by atoms with Gasteiger partial charge in [0, 0.05) is 39.0 Å². The molecule has 0 N–H and O–H groups in total. The highest BCUT2D eigenvalue weighted by Gasteiger charge is 2.42. The number of nitrogens with zero attached hydrogens (tertiary/aromatic N) is 3. The summed E-state index contributed by atoms with van der Waals surface area (Å²) in [6, 6.07) is 6.73. The molecular formula is C28H34ClN3O6S3. The molecule has 13 heteroatoms. The smallest absolute Gasteiger partial charge is 0.306 e. The van der Waals surface area contributed by atoms with E-state index in [-0.39, 0.29) is 44.5 Å². The average molecular weight is 640 g/mol. The van der Waals surface area contributed by atoms with Crippen molar-refractivity contribution in [3.05, 3.63) is 62.9 Å². The van der Waals surface area contributed by atoms with Crippen LogP contribution in [0.2, 0.25) is 5.02 Å². The van der Waals surface area contributed by atoms with Gasteiger partial charge in [-0.25, -0.2) is 13.4 Å². The van der Waals surface area contributed by atoms with E-state index in [2.05, 4.69) is 6.58 Å². The number of thiophene rings is 1. The third-order valence-electron chi connectivity index (χ3n) is 6.96. The number of hydrogen-bond acceptors (Lipinski definition) is 9. The lowest BCUT2D eigenvalue weighted by molar-refractivity contribution is -0.144. The molecule has 222 valence electrons. The summed E-state index contributed by atoms with van der Waals surface area (Å²) in [4.78, 5) is 32.4. The van der Waals surface area contributed by atoms with Crippen LogP contribution in [0.3, 0.4) is 0 Å². The highest BCUT2D eigenvalue weighted by atomic mass is 35.5. The number of benzene rings is 1. The Hall–Kier alpha value is -2.35. The third-order valence-corrected chi connectivity index (χ3v) is 11.4. The molecule has 2 atom stereocenters. The zero-order chi connectivity index (χ0) is 29.9. The van der Waals surface area contributed by atoms with Crippen LogP contribution >= 0.6 is 34.3 Å². The summed E-state index contributed by atoms with van der Waals surface area (Å²) < 4.78 is 40.3. The molecule has 3 heterocycles. The highest BCUT2D eigenvalue weighted by Crippen LogP contribution is 2.38. The number of ether oxygens (including phenoxy) is 2. The lowest BCUT2D eigenvalue weighted by Gasteiger charge is -2.40. The Kier molecular flexibility index (Phi) is 9.93. The predicted molar refractivity (Wildman–Crippen MR) is 163 cm³/mol. The minimum Gasteiger partial charge on any atom is -0.466 e. The third kappa shape index (κ3) is 7.00. The molecular weight excluding hydrogens is 606 g/mol. The number of aromatic nitrogens is 1. The van der Waals surface area contributed by atoms with Gasteiger partial charge in [0.05, 0.1) is 44.5 Å². The zero-order valence-corrected chi connectivity index (χ0v) is 26.7. The maximum atomic E-state index is 13.8. The SMILES string of the molecule is C=CC(c1cc2ccc(Cl)cc2s1)S(=O)(=O)N1CC(=O)N(Cc2nc(C(C)(C)CC(=O)OCC)cs2)C(COC)C1. The molecule has 1 aromatic carbocycles. The second-order valence-electron chi connectivity index (χ2n) is 10.4. The fourth-order valence-electron chi connectivity index (χ4n) is 4.80. The van der Waals surface area contributed by atoms with Crippen LogP contribution in [-0.2, 0) is 41.0 Å². The number of halogens is 1. The fourth-order valence-corrected chi connectivity index (χ4v) is 9.21. The predicted octanol–water partition coefficient (Wildman–Crippen LogP) is 5.16. The Morgan fingerprint density at radius 3 is 2.78 bits per heavy atom. The van der Waals surface area contributed by atoms with Gasteiger partial charge >= 0.3 is 5.97 Å². The fraction of sp³-hybridized carbons (Fsp3) is 0.464. The Balaban J connectivity index is 1.53. The molecule has 41 heavy (non-hydrogen) atoms. The lowest BCUT2D eigenvalue weighted by atomic mass is 9.86. The number of hydrogen-bond donors (Lipinski definition) is 0. The minimum absolute atomic E-state index is 0.0789. The summed E-state index contributed by atoms with van der Waals surface area (Å²) in [5, 5.41) is 3.03. The van der Waals surface area contributed by atoms with Gasteiger partial charge in [0.15, 0.2) is 0 Å². The number of esters is 1. The Morgan fingerprint density at radius 2 is 2.10 bits per heavy atom. The van der Waals surface area contributed by atoms with Gasteiger partial charge in [0.1, 0.15) is 10.3 Å². The van der Waals surface area contributed by atoms with Crippen LogP contribution in [0.1, 0.15) is 48.0 Å². The lowest BCUT2D eigenvalue weighted by Crippen LogP contribution is -2.59. The van der Waals surface area contributed by atoms with Crippen LogP contribution in [0.15, 0.2) is 42.3 Å². The molecule has 1 fully saturated rings. The van der Waals surface area contributed by atoms with Crippen LogP contribution in [0.25, 0.3) is 10.1 Å². The summed E-state index contributed by atoms with van der Waals surface area (Å²) in [6.07, 6.45) is 1.59. The molecule has 0 aliphatic carbocycles. The van der Waals surface area contributed by atoms with Crippen LogP contribution in [-0.4, -0.2) is 73.9 Å². The Bertz CT molecular complexity index is 1530. The van der Waals surface area contributed by atoms with E-state index in [1.54, 1.807) is 24.0 Å². The van der Waals surface area contributed by atoms with Crippen LogP contribution in [0, 0.1) is 0 Å². The van der Waals surface area contributed by atoms with Gasteiger partial charge in [-0.2, -0.15) is 4.31 Å². The maximum absolute atomic E-state index is 13.8. The van der Waals surface area contributed by atoms with Crippen LogP contribution < -0.4 is 0 Å². The second kappa shape index (κ2) is 12.9. The summed E-state index contributed by atoms with van der Waals surface area (Å²) in [5.41, 5.74) is 0.197. The average Bonchev–Trinajstić information content (AvgIpc) is 3.53. The van der Waals surface area contributed by atoms with E-state index in [4.69, 9.17) is 26.1 Å². The number of fused-ring (bicyclic) bond motifs is 1. The summed E-state index contributed by atoms with van der Waals surface area (Å²) in [7, 11) is -2.45. The molecule has 0 radical (unpaired) electrons. The van der Waals surface area contributed by atoms with Crippen LogP contribution in [0.4, 0.5) is 0 Å². The van der Waals surface area contributed by atoms with Gasteiger partial charge in [0.25, 0.3) is 0 Å². The minimum atomic E-state index is -3.96. The quantitative estimate of drug-likeness (QED) is 0.199. The van der Waals surface area contributed by atoms with Gasteiger partial charge in [-0.3, -0.25) is 9.59 Å². The Morgan fingerprint density at radius 1 is 1.34 bits per heavy atom. The number of piperazine rings is 1. The monoisotopic (exact) mass is 639 g/mol. The largest absolute Gasteiger partial charge is 0.466 e. The first kappa shape index (κ1) is 31.6. The van der Waals surface area contributed by atoms with E-state index in [9.17, 15) is 18.0 Å². The van der Waals surface area contributed by atoms with Crippen molar-refractivity contribution >= 4 is 66.3 Å². The zero-order valence-electron chi connectivity index (χ0n) is 23.5. The van der Waals surface area contributed by atoms with E-state index >= 15 is 0 Å². The molecule has 2 unspecified atom stereocenters. The Labute approximate surface area is 253 Å². The van der Waals surface area contributed by atoms with Crippen molar-refractivity contribution in [3.63, 3.8) is 0 Å². The molecule has 1 saturated heterocycles. The molecule has 0 saturated carbocycles. The first-order chi connectivity index (χ1) is 19.4. The van der Waals surface area contributed by atoms with Crippen molar-refractivity contribution in [2.45, 2.75) is 50.4 Å². The van der Waals surface area contributed by atoms with E-state index in [1.165, 1.54) is 40.2 Å². The van der Waals surface area contributed by atoms with E-state index in [0.29, 0.717) is 21.5 Å². The number of amides is 1. The molecule has 4 rings (SSSR count). The van der Waals surface area contributed by atoms with Gasteiger partial charge < -0.3 is 14.4 Å². The number of rotatable bonds is 12. The molecule has 1 aliphatic rings. The van der Waals surface area contributed by atoms with Gasteiger partial charge in [-0.1, -0.05) is 37.6 Å². The molecule has 3 aromatic rings.